The van der Waals surface area contributed by atoms with Gasteiger partial charge in [0.25, 0.3) is 0 Å². The van der Waals surface area contributed by atoms with Crippen LogP contribution in [0, 0.1) is 0 Å². The van der Waals surface area contributed by atoms with E-state index in [9.17, 15) is 4.79 Å². The van der Waals surface area contributed by atoms with Crippen LogP contribution in [0.1, 0.15) is 12.0 Å². The normalized spacial score (nSPS) is 10.1. The van der Waals surface area contributed by atoms with Crippen molar-refractivity contribution in [3.05, 3.63) is 59.4 Å². The van der Waals surface area contributed by atoms with E-state index in [4.69, 9.17) is 16.3 Å². The zero-order chi connectivity index (χ0) is 14.2. The quantitative estimate of drug-likeness (QED) is 0.849. The summed E-state index contributed by atoms with van der Waals surface area (Å²) in [5.41, 5.74) is 1.73. The van der Waals surface area contributed by atoms with Gasteiger partial charge in [-0.15, -0.1) is 0 Å². The van der Waals surface area contributed by atoms with Crippen LogP contribution < -0.4 is 5.32 Å². The van der Waals surface area contributed by atoms with Crippen LogP contribution in [0.25, 0.3) is 0 Å². The number of nitrogens with zero attached hydrogens (tertiary/aromatic N) is 1. The second-order valence-corrected chi connectivity index (χ2v) is 4.61. The molecule has 1 heterocycles. The minimum absolute atomic E-state index is 0.360. The molecular formula is C15H15ClN2O2. The molecule has 0 bridgehead atoms. The lowest BCUT2D eigenvalue weighted by Gasteiger charge is -2.08. The Morgan fingerprint density at radius 1 is 1.20 bits per heavy atom. The second kappa shape index (κ2) is 7.50. The topological polar surface area (TPSA) is 51.2 Å². The van der Waals surface area contributed by atoms with Crippen molar-refractivity contribution in [2.45, 2.75) is 12.8 Å². The third-order valence-corrected chi connectivity index (χ3v) is 3.03. The van der Waals surface area contributed by atoms with Gasteiger partial charge in [-0.1, -0.05) is 23.7 Å². The molecule has 0 aliphatic rings. The standard InChI is InChI=1S/C15H15ClN2O2/c16-13-5-1-2-6-14(13)18-15(19)20-11-3-4-12-7-9-17-10-8-12/h1-2,5-10H,3-4,11H2,(H,18,19). The van der Waals surface area contributed by atoms with Gasteiger partial charge in [0.2, 0.25) is 0 Å². The molecule has 0 spiro atoms. The molecule has 0 fully saturated rings. The Morgan fingerprint density at radius 3 is 2.70 bits per heavy atom. The largest absolute Gasteiger partial charge is 0.449 e. The molecule has 1 aromatic heterocycles. The highest BCUT2D eigenvalue weighted by Crippen LogP contribution is 2.20. The molecular weight excluding hydrogens is 276 g/mol. The molecule has 0 radical (unpaired) electrons. The molecule has 5 heteroatoms. The number of carbonyl (C=O) groups is 1. The number of para-hydroxylation sites is 1. The van der Waals surface area contributed by atoms with E-state index in [1.807, 2.05) is 12.1 Å². The summed E-state index contributed by atoms with van der Waals surface area (Å²) in [5.74, 6) is 0. The minimum atomic E-state index is -0.493. The molecule has 2 aromatic rings. The second-order valence-electron chi connectivity index (χ2n) is 4.20. The number of aryl methyl sites for hydroxylation is 1. The Morgan fingerprint density at radius 2 is 1.95 bits per heavy atom. The molecule has 0 unspecified atom stereocenters. The van der Waals surface area contributed by atoms with Crippen molar-refractivity contribution >= 4 is 23.4 Å². The summed E-state index contributed by atoms with van der Waals surface area (Å²) in [6.45, 7) is 0.360. The zero-order valence-corrected chi connectivity index (χ0v) is 11.6. The van der Waals surface area contributed by atoms with E-state index in [1.165, 1.54) is 5.56 Å². The van der Waals surface area contributed by atoms with E-state index in [0.717, 1.165) is 12.8 Å². The molecule has 0 saturated carbocycles. The molecule has 0 atom stereocenters. The van der Waals surface area contributed by atoms with Crippen LogP contribution in [0.2, 0.25) is 5.02 Å². The number of aromatic nitrogens is 1. The summed E-state index contributed by atoms with van der Waals surface area (Å²) >= 11 is 5.93. The fraction of sp³-hybridized carbons (Fsp3) is 0.200. The molecule has 1 N–H and O–H groups in total. The first-order valence-corrected chi connectivity index (χ1v) is 6.71. The third-order valence-electron chi connectivity index (χ3n) is 2.70. The lowest BCUT2D eigenvalue weighted by atomic mass is 10.1. The monoisotopic (exact) mass is 290 g/mol. The van der Waals surface area contributed by atoms with Crippen LogP contribution in [-0.2, 0) is 11.2 Å². The molecule has 1 aromatic carbocycles. The maximum atomic E-state index is 11.6. The number of ether oxygens (including phenoxy) is 1. The number of carbonyl (C=O) groups excluding carboxylic acids is 1. The van der Waals surface area contributed by atoms with Crippen molar-refractivity contribution in [2.24, 2.45) is 0 Å². The predicted molar refractivity (Wildman–Crippen MR) is 79.0 cm³/mol. The number of benzene rings is 1. The van der Waals surface area contributed by atoms with Gasteiger partial charge in [0, 0.05) is 12.4 Å². The van der Waals surface area contributed by atoms with Crippen LogP contribution in [0.3, 0.4) is 0 Å². The highest BCUT2D eigenvalue weighted by atomic mass is 35.5. The van der Waals surface area contributed by atoms with Crippen molar-refractivity contribution in [1.29, 1.82) is 0 Å². The molecule has 20 heavy (non-hydrogen) atoms. The maximum absolute atomic E-state index is 11.6. The summed E-state index contributed by atoms with van der Waals surface area (Å²) in [6.07, 6.45) is 4.62. The molecule has 4 nitrogen and oxygen atoms in total. The molecule has 1 amide bonds. The molecule has 0 saturated heterocycles. The Bertz CT molecular complexity index is 561. The number of anilines is 1. The Kier molecular flexibility index (Phi) is 5.38. The van der Waals surface area contributed by atoms with Gasteiger partial charge in [-0.2, -0.15) is 0 Å². The third kappa shape index (κ3) is 4.55. The zero-order valence-electron chi connectivity index (χ0n) is 10.9. The summed E-state index contributed by atoms with van der Waals surface area (Å²) in [6, 6.07) is 10.9. The number of pyridine rings is 1. The summed E-state index contributed by atoms with van der Waals surface area (Å²) < 4.78 is 5.10. The summed E-state index contributed by atoms with van der Waals surface area (Å²) in [5, 5.41) is 3.09. The molecule has 2 rings (SSSR count). The van der Waals surface area contributed by atoms with E-state index in [1.54, 1.807) is 36.7 Å². The van der Waals surface area contributed by atoms with Gasteiger partial charge in [0.15, 0.2) is 0 Å². The minimum Gasteiger partial charge on any atom is -0.449 e. The van der Waals surface area contributed by atoms with E-state index >= 15 is 0 Å². The van der Waals surface area contributed by atoms with E-state index in [2.05, 4.69) is 10.3 Å². The van der Waals surface area contributed by atoms with Crippen LogP contribution in [0.5, 0.6) is 0 Å². The van der Waals surface area contributed by atoms with Crippen LogP contribution >= 0.6 is 11.6 Å². The number of hydrogen-bond donors (Lipinski definition) is 1. The van der Waals surface area contributed by atoms with Gasteiger partial charge in [-0.05, 0) is 42.7 Å². The Hall–Kier alpha value is -2.07. The fourth-order valence-corrected chi connectivity index (χ4v) is 1.88. The lowest BCUT2D eigenvalue weighted by molar-refractivity contribution is 0.160. The van der Waals surface area contributed by atoms with Gasteiger partial charge >= 0.3 is 6.09 Å². The van der Waals surface area contributed by atoms with Crippen LogP contribution in [0.15, 0.2) is 48.8 Å². The van der Waals surface area contributed by atoms with Crippen LogP contribution in [0.4, 0.5) is 10.5 Å². The smallest absolute Gasteiger partial charge is 0.411 e. The number of rotatable bonds is 5. The van der Waals surface area contributed by atoms with E-state index in [-0.39, 0.29) is 0 Å². The fourth-order valence-electron chi connectivity index (χ4n) is 1.70. The van der Waals surface area contributed by atoms with Gasteiger partial charge < -0.3 is 4.74 Å². The first-order chi connectivity index (χ1) is 9.75. The first kappa shape index (κ1) is 14.3. The van der Waals surface area contributed by atoms with Gasteiger partial charge in [0.1, 0.15) is 0 Å². The predicted octanol–water partition coefficient (Wildman–Crippen LogP) is 3.92. The molecule has 104 valence electrons. The van der Waals surface area contributed by atoms with Gasteiger partial charge in [0.05, 0.1) is 17.3 Å². The van der Waals surface area contributed by atoms with Crippen molar-refractivity contribution in [1.82, 2.24) is 4.98 Å². The maximum Gasteiger partial charge on any atom is 0.411 e. The van der Waals surface area contributed by atoms with Crippen molar-refractivity contribution in [3.63, 3.8) is 0 Å². The number of halogens is 1. The lowest BCUT2D eigenvalue weighted by Crippen LogP contribution is -2.14. The highest BCUT2D eigenvalue weighted by Gasteiger charge is 2.05. The van der Waals surface area contributed by atoms with E-state index in [0.29, 0.717) is 17.3 Å². The Labute approximate surface area is 122 Å². The highest BCUT2D eigenvalue weighted by molar-refractivity contribution is 6.33. The van der Waals surface area contributed by atoms with Gasteiger partial charge in [-0.3, -0.25) is 10.3 Å². The SMILES string of the molecule is O=C(Nc1ccccc1Cl)OCCCc1ccncc1. The number of hydrogen-bond acceptors (Lipinski definition) is 3. The van der Waals surface area contributed by atoms with Crippen LogP contribution in [-0.4, -0.2) is 17.7 Å². The average molecular weight is 291 g/mol. The average Bonchev–Trinajstić information content (AvgIpc) is 2.47. The number of amides is 1. The van der Waals surface area contributed by atoms with Gasteiger partial charge in [-0.25, -0.2) is 4.79 Å². The van der Waals surface area contributed by atoms with Crippen molar-refractivity contribution < 1.29 is 9.53 Å². The van der Waals surface area contributed by atoms with Crippen molar-refractivity contribution in [3.8, 4) is 0 Å². The summed E-state index contributed by atoms with van der Waals surface area (Å²) in [4.78, 5) is 15.5. The number of nitrogens with one attached hydrogen (secondary N) is 1. The summed E-state index contributed by atoms with van der Waals surface area (Å²) in [7, 11) is 0. The molecule has 0 aliphatic carbocycles. The molecule has 0 aliphatic heterocycles. The first-order valence-electron chi connectivity index (χ1n) is 6.33. The Balaban J connectivity index is 1.69. The van der Waals surface area contributed by atoms with E-state index < -0.39 is 6.09 Å². The van der Waals surface area contributed by atoms with Crippen molar-refractivity contribution in [2.75, 3.05) is 11.9 Å².